The van der Waals surface area contributed by atoms with Gasteiger partial charge in [-0.1, -0.05) is 27.7 Å². The molecule has 0 atom stereocenters. The van der Waals surface area contributed by atoms with Crippen LogP contribution in [0.4, 0.5) is 10.5 Å². The fraction of sp³-hybridized carbons (Fsp3) is 0.333. The van der Waals surface area contributed by atoms with Crippen LogP contribution in [0.25, 0.3) is 0 Å². The molecule has 0 bridgehead atoms. The Kier molecular flexibility index (Phi) is 4.66. The average Bonchev–Trinajstić information content (AvgIpc) is 2.71. The molecule has 1 aromatic carbocycles. The number of halogens is 1. The van der Waals surface area contributed by atoms with E-state index in [1.54, 1.807) is 24.3 Å². The lowest BCUT2D eigenvalue weighted by atomic mass is 10.3. The first kappa shape index (κ1) is 13.4. The van der Waals surface area contributed by atoms with Crippen LogP contribution in [-0.4, -0.2) is 28.8 Å². The van der Waals surface area contributed by atoms with Crippen molar-refractivity contribution in [2.75, 3.05) is 22.6 Å². The summed E-state index contributed by atoms with van der Waals surface area (Å²) in [6, 6.07) is 7.00. The second-order valence-corrected chi connectivity index (χ2v) is 5.39. The molecule has 0 spiro atoms. The van der Waals surface area contributed by atoms with Crippen molar-refractivity contribution in [3.8, 4) is 5.75 Å². The number of hydrogen-bond acceptors (Lipinski definition) is 4. The van der Waals surface area contributed by atoms with Gasteiger partial charge in [-0.05, 0) is 30.7 Å². The van der Waals surface area contributed by atoms with Gasteiger partial charge in [0.15, 0.2) is 0 Å². The minimum Gasteiger partial charge on any atom is -0.494 e. The summed E-state index contributed by atoms with van der Waals surface area (Å²) in [7, 11) is 0. The van der Waals surface area contributed by atoms with Gasteiger partial charge in [-0.3, -0.25) is 9.59 Å². The Labute approximate surface area is 118 Å². The third-order valence-electron chi connectivity index (χ3n) is 2.39. The van der Waals surface area contributed by atoms with Gasteiger partial charge in [0.2, 0.25) is 5.91 Å². The van der Waals surface area contributed by atoms with Crippen molar-refractivity contribution in [3.63, 3.8) is 0 Å². The number of imide groups is 1. The van der Waals surface area contributed by atoms with Gasteiger partial charge < -0.3 is 4.74 Å². The monoisotopic (exact) mass is 329 g/mol. The van der Waals surface area contributed by atoms with Crippen LogP contribution in [0.15, 0.2) is 24.3 Å². The third-order valence-corrected chi connectivity index (χ3v) is 3.77. The summed E-state index contributed by atoms with van der Waals surface area (Å²) in [5.41, 5.74) is 0.600. The van der Waals surface area contributed by atoms with Crippen molar-refractivity contribution in [2.24, 2.45) is 0 Å². The molecule has 0 unspecified atom stereocenters. The Morgan fingerprint density at radius 1 is 1.28 bits per heavy atom. The van der Waals surface area contributed by atoms with Crippen molar-refractivity contribution in [1.29, 1.82) is 0 Å². The molecular formula is C12H12BrNO3S. The van der Waals surface area contributed by atoms with E-state index in [9.17, 15) is 9.59 Å². The van der Waals surface area contributed by atoms with Crippen molar-refractivity contribution in [3.05, 3.63) is 24.3 Å². The molecule has 1 aliphatic heterocycles. The van der Waals surface area contributed by atoms with Gasteiger partial charge in [-0.2, -0.15) is 0 Å². The van der Waals surface area contributed by atoms with Gasteiger partial charge in [0.25, 0.3) is 5.24 Å². The molecule has 0 aliphatic carbocycles. The van der Waals surface area contributed by atoms with Gasteiger partial charge in [-0.15, -0.1) is 0 Å². The highest BCUT2D eigenvalue weighted by atomic mass is 79.9. The molecule has 6 heteroatoms. The van der Waals surface area contributed by atoms with Crippen LogP contribution >= 0.6 is 27.7 Å². The molecule has 2 amide bonds. The Morgan fingerprint density at radius 2 is 2.00 bits per heavy atom. The number of nitrogens with zero attached hydrogens (tertiary/aromatic N) is 1. The van der Waals surface area contributed by atoms with Crippen LogP contribution in [-0.2, 0) is 4.79 Å². The maximum atomic E-state index is 11.5. The van der Waals surface area contributed by atoms with Crippen molar-refractivity contribution in [2.45, 2.75) is 6.42 Å². The predicted octanol–water partition coefficient (Wildman–Crippen LogP) is 3.05. The molecule has 1 aromatic rings. The van der Waals surface area contributed by atoms with E-state index in [1.165, 1.54) is 4.90 Å². The molecule has 1 fully saturated rings. The number of hydrogen-bond donors (Lipinski definition) is 0. The van der Waals surface area contributed by atoms with E-state index in [1.807, 2.05) is 0 Å². The van der Waals surface area contributed by atoms with Crippen LogP contribution in [0.5, 0.6) is 5.75 Å². The highest BCUT2D eigenvalue weighted by Gasteiger charge is 2.31. The van der Waals surface area contributed by atoms with E-state index in [0.717, 1.165) is 29.3 Å². The molecule has 4 nitrogen and oxygen atoms in total. The molecule has 96 valence electrons. The van der Waals surface area contributed by atoms with Crippen molar-refractivity contribution >= 4 is 44.5 Å². The molecule has 1 heterocycles. The molecule has 0 saturated carbocycles. The number of amides is 2. The second kappa shape index (κ2) is 6.24. The zero-order valence-electron chi connectivity index (χ0n) is 9.60. The first-order chi connectivity index (χ1) is 8.72. The van der Waals surface area contributed by atoms with Crippen LogP contribution in [0, 0.1) is 0 Å². The lowest BCUT2D eigenvalue weighted by Gasteiger charge is -2.13. The molecule has 2 rings (SSSR count). The van der Waals surface area contributed by atoms with Crippen molar-refractivity contribution < 1.29 is 14.3 Å². The topological polar surface area (TPSA) is 46.6 Å². The van der Waals surface area contributed by atoms with E-state index >= 15 is 0 Å². The number of rotatable bonds is 5. The number of alkyl halides is 1. The summed E-state index contributed by atoms with van der Waals surface area (Å²) in [6.45, 7) is 0.641. The SMILES string of the molecule is O=C1CSC(=O)N1c1ccc(OCCCBr)cc1. The zero-order chi connectivity index (χ0) is 13.0. The van der Waals surface area contributed by atoms with Gasteiger partial charge in [0.05, 0.1) is 18.0 Å². The molecule has 0 radical (unpaired) electrons. The number of carbonyl (C=O) groups excluding carboxylic acids is 2. The molecule has 18 heavy (non-hydrogen) atoms. The normalized spacial score (nSPS) is 15.3. The third kappa shape index (κ3) is 3.05. The number of benzene rings is 1. The van der Waals surface area contributed by atoms with E-state index in [4.69, 9.17) is 4.74 Å². The Hall–Kier alpha value is -1.01. The fourth-order valence-corrected chi connectivity index (χ4v) is 2.48. The van der Waals surface area contributed by atoms with Crippen molar-refractivity contribution in [1.82, 2.24) is 0 Å². The van der Waals surface area contributed by atoms with Crippen LogP contribution in [0.2, 0.25) is 0 Å². The first-order valence-corrected chi connectivity index (χ1v) is 7.61. The van der Waals surface area contributed by atoms with Gasteiger partial charge in [0, 0.05) is 5.33 Å². The number of thioether (sulfide) groups is 1. The van der Waals surface area contributed by atoms with Crippen LogP contribution in [0.1, 0.15) is 6.42 Å². The Morgan fingerprint density at radius 3 is 2.56 bits per heavy atom. The molecule has 0 aromatic heterocycles. The zero-order valence-corrected chi connectivity index (χ0v) is 12.0. The summed E-state index contributed by atoms with van der Waals surface area (Å²) in [4.78, 5) is 24.2. The van der Waals surface area contributed by atoms with Gasteiger partial charge >= 0.3 is 0 Å². The van der Waals surface area contributed by atoms with Gasteiger partial charge in [0.1, 0.15) is 5.75 Å². The smallest absolute Gasteiger partial charge is 0.293 e. The summed E-state index contributed by atoms with van der Waals surface area (Å²) >= 11 is 4.36. The van der Waals surface area contributed by atoms with E-state index in [0.29, 0.717) is 12.3 Å². The fourth-order valence-electron chi connectivity index (χ4n) is 1.54. The lowest BCUT2D eigenvalue weighted by molar-refractivity contribution is -0.115. The quantitative estimate of drug-likeness (QED) is 0.615. The predicted molar refractivity (Wildman–Crippen MR) is 75.7 cm³/mol. The maximum absolute atomic E-state index is 11.5. The summed E-state index contributed by atoms with van der Waals surface area (Å²) in [5.74, 6) is 0.798. The lowest BCUT2D eigenvalue weighted by Crippen LogP contribution is -2.27. The number of anilines is 1. The molecule has 1 aliphatic rings. The highest BCUT2D eigenvalue weighted by molar-refractivity contribution is 9.09. The summed E-state index contributed by atoms with van der Waals surface area (Å²) in [5, 5.41) is 0.687. The van der Waals surface area contributed by atoms with E-state index < -0.39 is 0 Å². The minimum absolute atomic E-state index is 0.169. The van der Waals surface area contributed by atoms with Crippen LogP contribution in [0.3, 0.4) is 0 Å². The molecule has 1 saturated heterocycles. The number of ether oxygens (including phenoxy) is 1. The standard InChI is InChI=1S/C12H12BrNO3S/c13-6-1-7-17-10-4-2-9(3-5-10)14-11(15)8-18-12(14)16/h2-5H,1,6-8H2. The van der Waals surface area contributed by atoms with Crippen LogP contribution < -0.4 is 9.64 Å². The molecule has 0 N–H and O–H groups in total. The minimum atomic E-state index is -0.215. The maximum Gasteiger partial charge on any atom is 0.293 e. The van der Waals surface area contributed by atoms with Gasteiger partial charge in [-0.25, -0.2) is 4.90 Å². The Balaban J connectivity index is 2.03. The largest absolute Gasteiger partial charge is 0.494 e. The Bertz CT molecular complexity index is 433. The molecular weight excluding hydrogens is 318 g/mol. The average molecular weight is 330 g/mol. The summed E-state index contributed by atoms with van der Waals surface area (Å²) < 4.78 is 5.49. The van der Waals surface area contributed by atoms with E-state index in [2.05, 4.69) is 15.9 Å². The highest BCUT2D eigenvalue weighted by Crippen LogP contribution is 2.27. The second-order valence-electron chi connectivity index (χ2n) is 3.67. The number of carbonyl (C=O) groups is 2. The summed E-state index contributed by atoms with van der Waals surface area (Å²) in [6.07, 6.45) is 0.932. The first-order valence-electron chi connectivity index (χ1n) is 5.51. The van der Waals surface area contributed by atoms with E-state index in [-0.39, 0.29) is 16.9 Å².